The van der Waals surface area contributed by atoms with E-state index in [1.807, 2.05) is 24.3 Å². The van der Waals surface area contributed by atoms with Crippen molar-refractivity contribution in [2.75, 3.05) is 7.11 Å². The minimum atomic E-state index is -0.183. The molecule has 2 aromatic carbocycles. The Morgan fingerprint density at radius 1 is 1.16 bits per heavy atom. The molecule has 2 rings (SSSR count). The lowest BCUT2D eigenvalue weighted by Crippen LogP contribution is -2.23. The average molecular weight is 276 g/mol. The molecule has 3 nitrogen and oxygen atoms in total. The molecule has 0 aliphatic heterocycles. The molecule has 98 valence electrons. The standard InChI is InChI=1S/C15H14ClNO2/c1-19-14-9-5-3-7-12(14)15(18)17-10-11-6-2-4-8-13(11)16/h2-9H,10H2,1H3,(H,17,18). The lowest BCUT2D eigenvalue weighted by Gasteiger charge is -2.09. The van der Waals surface area contributed by atoms with Gasteiger partial charge in [0.1, 0.15) is 5.75 Å². The number of hydrogen-bond donors (Lipinski definition) is 1. The van der Waals surface area contributed by atoms with Crippen LogP contribution in [0.5, 0.6) is 5.75 Å². The van der Waals surface area contributed by atoms with Crippen LogP contribution in [-0.2, 0) is 6.54 Å². The Morgan fingerprint density at radius 3 is 2.58 bits per heavy atom. The van der Waals surface area contributed by atoms with Crippen molar-refractivity contribution in [2.24, 2.45) is 0 Å². The summed E-state index contributed by atoms with van der Waals surface area (Å²) in [7, 11) is 1.54. The Morgan fingerprint density at radius 2 is 1.84 bits per heavy atom. The van der Waals surface area contributed by atoms with Crippen LogP contribution >= 0.6 is 11.6 Å². The normalized spacial score (nSPS) is 10.0. The summed E-state index contributed by atoms with van der Waals surface area (Å²) in [5.74, 6) is 0.372. The molecule has 0 unspecified atom stereocenters. The molecule has 0 radical (unpaired) electrons. The van der Waals surface area contributed by atoms with Crippen LogP contribution < -0.4 is 10.1 Å². The number of para-hydroxylation sites is 1. The van der Waals surface area contributed by atoms with Gasteiger partial charge in [-0.05, 0) is 23.8 Å². The van der Waals surface area contributed by atoms with Gasteiger partial charge >= 0.3 is 0 Å². The SMILES string of the molecule is COc1ccccc1C(=O)NCc1ccccc1Cl. The Balaban J connectivity index is 2.08. The van der Waals surface area contributed by atoms with Gasteiger partial charge in [-0.1, -0.05) is 41.9 Å². The van der Waals surface area contributed by atoms with Crippen molar-refractivity contribution < 1.29 is 9.53 Å². The van der Waals surface area contributed by atoms with Gasteiger partial charge in [0.15, 0.2) is 0 Å². The molecule has 4 heteroatoms. The number of carbonyl (C=O) groups excluding carboxylic acids is 1. The van der Waals surface area contributed by atoms with Gasteiger partial charge in [0, 0.05) is 11.6 Å². The zero-order chi connectivity index (χ0) is 13.7. The summed E-state index contributed by atoms with van der Waals surface area (Å²) in [5.41, 5.74) is 1.39. The summed E-state index contributed by atoms with van der Waals surface area (Å²) in [4.78, 5) is 12.1. The fraction of sp³-hybridized carbons (Fsp3) is 0.133. The van der Waals surface area contributed by atoms with Crippen LogP contribution in [-0.4, -0.2) is 13.0 Å². The van der Waals surface area contributed by atoms with Gasteiger partial charge in [-0.3, -0.25) is 4.79 Å². The van der Waals surface area contributed by atoms with Gasteiger partial charge in [-0.25, -0.2) is 0 Å². The number of rotatable bonds is 4. The molecule has 0 aromatic heterocycles. The molecule has 0 heterocycles. The van der Waals surface area contributed by atoms with Gasteiger partial charge in [0.25, 0.3) is 5.91 Å². The van der Waals surface area contributed by atoms with Crippen molar-refractivity contribution >= 4 is 17.5 Å². The molecular weight excluding hydrogens is 262 g/mol. The van der Waals surface area contributed by atoms with Gasteiger partial charge in [-0.15, -0.1) is 0 Å². The fourth-order valence-corrected chi connectivity index (χ4v) is 1.95. The van der Waals surface area contributed by atoms with Gasteiger partial charge < -0.3 is 10.1 Å². The summed E-state index contributed by atoms with van der Waals surface area (Å²) >= 11 is 6.04. The Bertz CT molecular complexity index is 584. The molecule has 0 spiro atoms. The number of halogens is 1. The lowest BCUT2D eigenvalue weighted by atomic mass is 10.1. The van der Waals surface area contributed by atoms with E-state index in [2.05, 4.69) is 5.32 Å². The second kappa shape index (κ2) is 6.25. The van der Waals surface area contributed by atoms with E-state index in [1.54, 1.807) is 31.4 Å². The number of hydrogen-bond acceptors (Lipinski definition) is 2. The average Bonchev–Trinajstić information content (AvgIpc) is 2.46. The highest BCUT2D eigenvalue weighted by atomic mass is 35.5. The fourth-order valence-electron chi connectivity index (χ4n) is 1.74. The molecule has 0 saturated carbocycles. The van der Waals surface area contributed by atoms with Crippen molar-refractivity contribution in [3.8, 4) is 5.75 Å². The molecule has 0 aliphatic carbocycles. The van der Waals surface area contributed by atoms with Crippen molar-refractivity contribution in [1.82, 2.24) is 5.32 Å². The first-order chi connectivity index (χ1) is 9.22. The Kier molecular flexibility index (Phi) is 4.42. The molecule has 1 amide bonds. The highest BCUT2D eigenvalue weighted by molar-refractivity contribution is 6.31. The highest BCUT2D eigenvalue weighted by Gasteiger charge is 2.11. The molecule has 0 atom stereocenters. The topological polar surface area (TPSA) is 38.3 Å². The maximum Gasteiger partial charge on any atom is 0.255 e. The number of benzene rings is 2. The second-order valence-electron chi connectivity index (χ2n) is 3.97. The second-order valence-corrected chi connectivity index (χ2v) is 4.38. The number of amides is 1. The van der Waals surface area contributed by atoms with E-state index in [-0.39, 0.29) is 5.91 Å². The maximum absolute atomic E-state index is 12.1. The van der Waals surface area contributed by atoms with E-state index >= 15 is 0 Å². The predicted octanol–water partition coefficient (Wildman–Crippen LogP) is 3.28. The predicted molar refractivity (Wildman–Crippen MR) is 75.6 cm³/mol. The molecule has 0 fully saturated rings. The lowest BCUT2D eigenvalue weighted by molar-refractivity contribution is 0.0948. The van der Waals surface area contributed by atoms with Crippen molar-refractivity contribution in [1.29, 1.82) is 0 Å². The summed E-state index contributed by atoms with van der Waals surface area (Å²) in [6.07, 6.45) is 0. The third-order valence-electron chi connectivity index (χ3n) is 2.75. The van der Waals surface area contributed by atoms with Gasteiger partial charge in [0.2, 0.25) is 0 Å². The molecule has 0 bridgehead atoms. The summed E-state index contributed by atoms with van der Waals surface area (Å²) in [6, 6.07) is 14.5. The van der Waals surface area contributed by atoms with Gasteiger partial charge in [-0.2, -0.15) is 0 Å². The van der Waals surface area contributed by atoms with Crippen LogP contribution in [0.3, 0.4) is 0 Å². The Hall–Kier alpha value is -2.00. The summed E-state index contributed by atoms with van der Waals surface area (Å²) in [5, 5.41) is 3.47. The number of carbonyl (C=O) groups is 1. The van der Waals surface area contributed by atoms with Crippen molar-refractivity contribution in [3.63, 3.8) is 0 Å². The first kappa shape index (κ1) is 13.4. The number of ether oxygens (including phenoxy) is 1. The van der Waals surface area contributed by atoms with Crippen LogP contribution in [0.15, 0.2) is 48.5 Å². The number of nitrogens with one attached hydrogen (secondary N) is 1. The largest absolute Gasteiger partial charge is 0.496 e. The molecular formula is C15H14ClNO2. The van der Waals surface area contributed by atoms with E-state index in [4.69, 9.17) is 16.3 Å². The molecule has 0 aliphatic rings. The third-order valence-corrected chi connectivity index (χ3v) is 3.12. The Labute approximate surface area is 117 Å². The zero-order valence-electron chi connectivity index (χ0n) is 10.5. The van der Waals surface area contributed by atoms with E-state index in [0.717, 1.165) is 5.56 Å². The van der Waals surface area contributed by atoms with Gasteiger partial charge in [0.05, 0.1) is 12.7 Å². The van der Waals surface area contributed by atoms with Crippen molar-refractivity contribution in [2.45, 2.75) is 6.54 Å². The smallest absolute Gasteiger partial charge is 0.255 e. The van der Waals surface area contributed by atoms with Crippen LogP contribution in [0.4, 0.5) is 0 Å². The van der Waals surface area contributed by atoms with E-state index in [1.165, 1.54) is 0 Å². The molecule has 0 saturated heterocycles. The van der Waals surface area contributed by atoms with Crippen LogP contribution in [0.2, 0.25) is 5.02 Å². The van der Waals surface area contributed by atoms with Crippen molar-refractivity contribution in [3.05, 3.63) is 64.7 Å². The molecule has 19 heavy (non-hydrogen) atoms. The molecule has 1 N–H and O–H groups in total. The molecule has 2 aromatic rings. The van der Waals surface area contributed by atoms with Crippen LogP contribution in [0.25, 0.3) is 0 Å². The number of methoxy groups -OCH3 is 1. The summed E-state index contributed by atoms with van der Waals surface area (Å²) < 4.78 is 5.16. The quantitative estimate of drug-likeness (QED) is 0.930. The monoisotopic (exact) mass is 275 g/mol. The van der Waals surface area contributed by atoms with E-state index in [9.17, 15) is 4.79 Å². The zero-order valence-corrected chi connectivity index (χ0v) is 11.3. The van der Waals surface area contributed by atoms with E-state index in [0.29, 0.717) is 22.9 Å². The minimum Gasteiger partial charge on any atom is -0.496 e. The minimum absolute atomic E-state index is 0.183. The first-order valence-electron chi connectivity index (χ1n) is 5.87. The highest BCUT2D eigenvalue weighted by Crippen LogP contribution is 2.18. The third kappa shape index (κ3) is 3.26. The van der Waals surface area contributed by atoms with E-state index < -0.39 is 0 Å². The van der Waals surface area contributed by atoms with Crippen LogP contribution in [0.1, 0.15) is 15.9 Å². The van der Waals surface area contributed by atoms with Crippen LogP contribution in [0, 0.1) is 0 Å². The summed E-state index contributed by atoms with van der Waals surface area (Å²) in [6.45, 7) is 0.385. The maximum atomic E-state index is 12.1. The first-order valence-corrected chi connectivity index (χ1v) is 6.25.